The number of nitrogens with zero attached hydrogens (tertiary/aromatic N) is 2. The van der Waals surface area contributed by atoms with E-state index in [1.165, 1.54) is 10.9 Å². The van der Waals surface area contributed by atoms with Gasteiger partial charge in [-0.25, -0.2) is 4.39 Å². The second-order valence-corrected chi connectivity index (χ2v) is 9.57. The molecule has 0 unspecified atom stereocenters. The summed E-state index contributed by atoms with van der Waals surface area (Å²) in [5.41, 5.74) is 1.47. The summed E-state index contributed by atoms with van der Waals surface area (Å²) in [6.45, 7) is 3.02. The molecule has 0 radical (unpaired) electrons. The molecule has 0 saturated carbocycles. The Bertz CT molecular complexity index is 1170. The highest BCUT2D eigenvalue weighted by Gasteiger charge is 2.33. The van der Waals surface area contributed by atoms with Crippen LogP contribution in [0.3, 0.4) is 0 Å². The number of ether oxygens (including phenoxy) is 1. The molecule has 1 aromatic heterocycles. The van der Waals surface area contributed by atoms with Crippen LogP contribution in [0.15, 0.2) is 60.0 Å². The van der Waals surface area contributed by atoms with Crippen LogP contribution in [0.1, 0.15) is 40.2 Å². The standard InChI is InChI=1S/C26H26ClFN2O3S/c1-2-12-29(26(32)18-6-5-7-19(27)15-18)16-25(31)30-13-10-24-20(11-14-34-24)22(30)17-33-23-9-4-3-8-21(23)28/h3-9,11,14-15,22H,2,10,12-13,16-17H2,1H3/t22-/m1/s1. The monoisotopic (exact) mass is 500 g/mol. The van der Waals surface area contributed by atoms with Gasteiger partial charge < -0.3 is 14.5 Å². The van der Waals surface area contributed by atoms with Crippen molar-refractivity contribution in [3.63, 3.8) is 0 Å². The minimum absolute atomic E-state index is 0.0468. The van der Waals surface area contributed by atoms with Gasteiger partial charge in [0, 0.05) is 28.6 Å². The minimum atomic E-state index is -0.442. The molecular formula is C26H26ClFN2O3S. The Balaban J connectivity index is 1.53. The van der Waals surface area contributed by atoms with Gasteiger partial charge in [-0.05, 0) is 60.2 Å². The average molecular weight is 501 g/mol. The van der Waals surface area contributed by atoms with Crippen molar-refractivity contribution in [2.45, 2.75) is 25.8 Å². The number of carbonyl (C=O) groups is 2. The summed E-state index contributed by atoms with van der Waals surface area (Å²) in [5, 5.41) is 2.47. The van der Waals surface area contributed by atoms with E-state index in [0.717, 1.165) is 12.0 Å². The Hall–Kier alpha value is -2.90. The fraction of sp³-hybridized carbons (Fsp3) is 0.308. The third-order valence-electron chi connectivity index (χ3n) is 5.83. The lowest BCUT2D eigenvalue weighted by Gasteiger charge is -2.37. The number of thiophene rings is 1. The Morgan fingerprint density at radius 3 is 2.79 bits per heavy atom. The molecule has 178 valence electrons. The van der Waals surface area contributed by atoms with Crippen molar-refractivity contribution in [2.24, 2.45) is 0 Å². The highest BCUT2D eigenvalue weighted by atomic mass is 35.5. The highest BCUT2D eigenvalue weighted by Crippen LogP contribution is 2.34. The van der Waals surface area contributed by atoms with Gasteiger partial charge in [-0.3, -0.25) is 9.59 Å². The maximum atomic E-state index is 14.1. The number of rotatable bonds is 8. The van der Waals surface area contributed by atoms with Gasteiger partial charge in [0.2, 0.25) is 5.91 Å². The third-order valence-corrected chi connectivity index (χ3v) is 7.06. The zero-order valence-corrected chi connectivity index (χ0v) is 20.4. The largest absolute Gasteiger partial charge is 0.488 e. The summed E-state index contributed by atoms with van der Waals surface area (Å²) < 4.78 is 19.9. The fourth-order valence-electron chi connectivity index (χ4n) is 4.19. The van der Waals surface area contributed by atoms with Crippen LogP contribution < -0.4 is 4.74 Å². The molecule has 4 rings (SSSR count). The number of halogens is 2. The van der Waals surface area contributed by atoms with Crippen LogP contribution >= 0.6 is 22.9 Å². The first-order chi connectivity index (χ1) is 16.5. The number of fused-ring (bicyclic) bond motifs is 1. The van der Waals surface area contributed by atoms with Crippen molar-refractivity contribution in [2.75, 3.05) is 26.2 Å². The van der Waals surface area contributed by atoms with Crippen LogP contribution in [-0.4, -0.2) is 47.9 Å². The van der Waals surface area contributed by atoms with E-state index in [2.05, 4.69) is 0 Å². The van der Waals surface area contributed by atoms with Crippen LogP contribution in [0.5, 0.6) is 5.75 Å². The molecule has 1 atom stereocenters. The quantitative estimate of drug-likeness (QED) is 0.404. The lowest BCUT2D eigenvalue weighted by molar-refractivity contribution is -0.135. The van der Waals surface area contributed by atoms with Crippen molar-refractivity contribution in [3.8, 4) is 5.75 Å². The second-order valence-electron chi connectivity index (χ2n) is 8.13. The zero-order chi connectivity index (χ0) is 24.1. The topological polar surface area (TPSA) is 49.9 Å². The predicted molar refractivity (Wildman–Crippen MR) is 132 cm³/mol. The molecule has 0 saturated heterocycles. The summed E-state index contributed by atoms with van der Waals surface area (Å²) in [5.74, 6) is -0.683. The first-order valence-electron chi connectivity index (χ1n) is 11.3. The average Bonchev–Trinajstić information content (AvgIpc) is 3.32. The summed E-state index contributed by atoms with van der Waals surface area (Å²) >= 11 is 7.71. The molecule has 0 bridgehead atoms. The van der Waals surface area contributed by atoms with Gasteiger partial charge in [-0.1, -0.05) is 36.7 Å². The van der Waals surface area contributed by atoms with E-state index in [0.29, 0.717) is 30.1 Å². The number of para-hydroxylation sites is 1. The van der Waals surface area contributed by atoms with Crippen LogP contribution in [-0.2, 0) is 11.2 Å². The molecule has 0 fully saturated rings. The Morgan fingerprint density at radius 2 is 2.03 bits per heavy atom. The van der Waals surface area contributed by atoms with E-state index in [4.69, 9.17) is 16.3 Å². The van der Waals surface area contributed by atoms with E-state index in [9.17, 15) is 14.0 Å². The van der Waals surface area contributed by atoms with Crippen molar-refractivity contribution < 1.29 is 18.7 Å². The van der Waals surface area contributed by atoms with Crippen molar-refractivity contribution in [1.82, 2.24) is 9.80 Å². The molecule has 2 amide bonds. The normalized spacial score (nSPS) is 15.0. The summed E-state index contributed by atoms with van der Waals surface area (Å²) in [7, 11) is 0. The van der Waals surface area contributed by atoms with Crippen LogP contribution in [0.2, 0.25) is 5.02 Å². The van der Waals surface area contributed by atoms with E-state index >= 15 is 0 Å². The smallest absolute Gasteiger partial charge is 0.254 e. The van der Waals surface area contributed by atoms with Crippen LogP contribution in [0.25, 0.3) is 0 Å². The van der Waals surface area contributed by atoms with E-state index in [1.54, 1.807) is 63.6 Å². The number of carbonyl (C=O) groups excluding carboxylic acids is 2. The lowest BCUT2D eigenvalue weighted by Crippen LogP contribution is -2.48. The number of hydrogen-bond acceptors (Lipinski definition) is 4. The molecule has 3 aromatic rings. The predicted octanol–water partition coefficient (Wildman–Crippen LogP) is 5.60. The summed E-state index contributed by atoms with van der Waals surface area (Å²) in [6.07, 6.45) is 1.46. The number of amides is 2. The number of hydrogen-bond donors (Lipinski definition) is 0. The molecule has 1 aliphatic rings. The molecule has 34 heavy (non-hydrogen) atoms. The first-order valence-corrected chi connectivity index (χ1v) is 12.5. The molecule has 8 heteroatoms. The zero-order valence-electron chi connectivity index (χ0n) is 18.9. The van der Waals surface area contributed by atoms with Crippen molar-refractivity contribution in [1.29, 1.82) is 0 Å². The van der Waals surface area contributed by atoms with Gasteiger partial charge in [-0.2, -0.15) is 0 Å². The molecule has 0 spiro atoms. The van der Waals surface area contributed by atoms with Crippen LogP contribution in [0.4, 0.5) is 4.39 Å². The SMILES string of the molecule is CCCN(CC(=O)N1CCc2sccc2[C@H]1COc1ccccc1F)C(=O)c1cccc(Cl)c1. The Labute approximate surface area is 207 Å². The molecule has 1 aliphatic heterocycles. The summed E-state index contributed by atoms with van der Waals surface area (Å²) in [4.78, 5) is 31.1. The molecule has 5 nitrogen and oxygen atoms in total. The first kappa shape index (κ1) is 24.2. The molecular weight excluding hydrogens is 475 g/mol. The van der Waals surface area contributed by atoms with Crippen molar-refractivity contribution in [3.05, 3.63) is 86.8 Å². The van der Waals surface area contributed by atoms with Gasteiger partial charge in [0.05, 0.1) is 6.04 Å². The Morgan fingerprint density at radius 1 is 1.21 bits per heavy atom. The lowest BCUT2D eigenvalue weighted by atomic mass is 10.0. The van der Waals surface area contributed by atoms with E-state index < -0.39 is 5.82 Å². The van der Waals surface area contributed by atoms with Crippen molar-refractivity contribution >= 4 is 34.8 Å². The molecule has 0 aliphatic carbocycles. The summed E-state index contributed by atoms with van der Waals surface area (Å²) in [6, 6.07) is 14.6. The van der Waals surface area contributed by atoms with Crippen LogP contribution in [0, 0.1) is 5.82 Å². The minimum Gasteiger partial charge on any atom is -0.488 e. The van der Waals surface area contributed by atoms with Gasteiger partial charge >= 0.3 is 0 Å². The fourth-order valence-corrected chi connectivity index (χ4v) is 5.30. The molecule has 2 aromatic carbocycles. The van der Waals surface area contributed by atoms with E-state index in [-0.39, 0.29) is 36.8 Å². The van der Waals surface area contributed by atoms with Gasteiger partial charge in [0.15, 0.2) is 11.6 Å². The maximum absolute atomic E-state index is 14.1. The third kappa shape index (κ3) is 5.42. The Kier molecular flexibility index (Phi) is 7.85. The van der Waals surface area contributed by atoms with Gasteiger partial charge in [0.25, 0.3) is 5.91 Å². The highest BCUT2D eigenvalue weighted by molar-refractivity contribution is 7.10. The van der Waals surface area contributed by atoms with E-state index in [1.807, 2.05) is 18.4 Å². The number of benzene rings is 2. The molecule has 2 heterocycles. The molecule has 0 N–H and O–H groups in total. The van der Waals surface area contributed by atoms with Gasteiger partial charge in [-0.15, -0.1) is 11.3 Å². The van der Waals surface area contributed by atoms with Gasteiger partial charge in [0.1, 0.15) is 13.2 Å². The second kappa shape index (κ2) is 11.0. The maximum Gasteiger partial charge on any atom is 0.254 e.